The smallest absolute Gasteiger partial charge is 0.358 e. The van der Waals surface area contributed by atoms with Crippen LogP contribution in [0.5, 0.6) is 0 Å². The number of carbonyl (C=O) groups is 4. The minimum Gasteiger partial charge on any atom is -0.427 e. The lowest BCUT2D eigenvalue weighted by molar-refractivity contribution is -0.173. The SMILES string of the molecule is CO/N=C(\C(=O)N[C@@H]1C(=O)N2C(C(=O)OCOC(=O)C(C)(C)C)=C(Cn3nnc(C)n3)CSC12)c1csc(N)n1. The van der Waals surface area contributed by atoms with Gasteiger partial charge in [0.05, 0.1) is 12.0 Å². The Morgan fingerprint density at radius 2 is 2.02 bits per heavy atom. The summed E-state index contributed by atoms with van der Waals surface area (Å²) in [7, 11) is 1.27. The average molecular weight is 594 g/mol. The Morgan fingerprint density at radius 3 is 2.62 bits per heavy atom. The number of thiazole rings is 1. The first kappa shape index (κ1) is 28.9. The number of tetrazole rings is 1. The number of amides is 2. The minimum atomic E-state index is -0.981. The number of nitrogens with zero attached hydrogens (tertiary/aromatic N) is 7. The van der Waals surface area contributed by atoms with Gasteiger partial charge in [0.25, 0.3) is 11.8 Å². The lowest BCUT2D eigenvalue weighted by atomic mass is 9.98. The molecule has 1 unspecified atom stereocenters. The van der Waals surface area contributed by atoms with Crippen LogP contribution in [0.15, 0.2) is 21.8 Å². The van der Waals surface area contributed by atoms with Gasteiger partial charge < -0.3 is 25.4 Å². The van der Waals surface area contributed by atoms with Crippen molar-refractivity contribution in [3.8, 4) is 0 Å². The van der Waals surface area contributed by atoms with Crippen LogP contribution < -0.4 is 11.1 Å². The third-order valence-electron chi connectivity index (χ3n) is 5.57. The van der Waals surface area contributed by atoms with Gasteiger partial charge in [0.1, 0.15) is 29.9 Å². The Balaban J connectivity index is 1.53. The number of nitrogens with two attached hydrogens (primary N) is 1. The number of β-lactam (4-membered cyclic amide) rings is 1. The second-order valence-electron chi connectivity index (χ2n) is 9.61. The molecule has 1 saturated heterocycles. The molecule has 2 aliphatic rings. The molecule has 2 atom stereocenters. The highest BCUT2D eigenvalue weighted by Gasteiger charge is 2.55. The van der Waals surface area contributed by atoms with E-state index in [4.69, 9.17) is 20.0 Å². The number of carbonyl (C=O) groups excluding carboxylic acids is 4. The molecule has 4 heterocycles. The van der Waals surface area contributed by atoms with Gasteiger partial charge in [-0.15, -0.1) is 33.3 Å². The molecule has 2 aliphatic heterocycles. The Hall–Kier alpha value is -4.06. The van der Waals surface area contributed by atoms with Crippen molar-refractivity contribution in [3.63, 3.8) is 0 Å². The maximum atomic E-state index is 13.3. The molecule has 2 aromatic rings. The molecular weight excluding hydrogens is 566 g/mol. The molecule has 2 amide bonds. The van der Waals surface area contributed by atoms with E-state index >= 15 is 0 Å². The summed E-state index contributed by atoms with van der Waals surface area (Å²) in [6.07, 6.45) is 0. The number of ether oxygens (including phenoxy) is 2. The van der Waals surface area contributed by atoms with E-state index in [1.165, 1.54) is 33.9 Å². The Morgan fingerprint density at radius 1 is 1.27 bits per heavy atom. The van der Waals surface area contributed by atoms with Gasteiger partial charge in [0.15, 0.2) is 16.7 Å². The molecule has 0 aliphatic carbocycles. The van der Waals surface area contributed by atoms with Crippen LogP contribution in [0.2, 0.25) is 0 Å². The first-order chi connectivity index (χ1) is 18.9. The second kappa shape index (κ2) is 11.6. The molecule has 2 aromatic heterocycles. The van der Waals surface area contributed by atoms with E-state index in [2.05, 4.69) is 30.9 Å². The van der Waals surface area contributed by atoms with Crippen molar-refractivity contribution in [3.05, 3.63) is 28.2 Å². The number of hydrogen-bond donors (Lipinski definition) is 2. The fourth-order valence-electron chi connectivity index (χ4n) is 3.68. The summed E-state index contributed by atoms with van der Waals surface area (Å²) in [6.45, 7) is 6.06. The number of aromatic nitrogens is 5. The Bertz CT molecular complexity index is 1390. The average Bonchev–Trinajstić information content (AvgIpc) is 3.51. The van der Waals surface area contributed by atoms with Crippen LogP contribution in [-0.2, 0) is 40.0 Å². The maximum Gasteiger partial charge on any atom is 0.358 e. The third kappa shape index (κ3) is 6.06. The molecule has 0 spiro atoms. The molecule has 214 valence electrons. The summed E-state index contributed by atoms with van der Waals surface area (Å²) in [5.41, 5.74) is 5.35. The predicted molar refractivity (Wildman–Crippen MR) is 141 cm³/mol. The topological polar surface area (TPSA) is 206 Å². The van der Waals surface area contributed by atoms with E-state index in [0.29, 0.717) is 11.4 Å². The van der Waals surface area contributed by atoms with Crippen LogP contribution in [0.4, 0.5) is 5.13 Å². The number of thioether (sulfide) groups is 1. The highest BCUT2D eigenvalue weighted by Crippen LogP contribution is 2.41. The predicted octanol–water partition coefficient (Wildman–Crippen LogP) is -0.185. The summed E-state index contributed by atoms with van der Waals surface area (Å²) in [4.78, 5) is 62.9. The van der Waals surface area contributed by atoms with Gasteiger partial charge in [-0.05, 0) is 38.5 Å². The quantitative estimate of drug-likeness (QED) is 0.127. The summed E-state index contributed by atoms with van der Waals surface area (Å²) >= 11 is 2.44. The number of rotatable bonds is 9. The number of anilines is 1. The standard InChI is InChI=1S/C22H27N9O7S2/c1-10-26-29-30(27-10)6-11-7-39-18-14(25-16(32)13(28-36-5)12-8-40-21(23)24-12)17(33)31(18)15(11)19(34)37-9-38-20(35)22(2,3)4/h8,14,18H,6-7,9H2,1-5H3,(H2,23,24)(H,25,32)/b28-13-/t14-,18?/m1/s1. The van der Waals surface area contributed by atoms with Crippen molar-refractivity contribution >= 4 is 57.7 Å². The van der Waals surface area contributed by atoms with Crippen molar-refractivity contribution in [1.82, 2.24) is 35.4 Å². The van der Waals surface area contributed by atoms with Crippen molar-refractivity contribution in [2.24, 2.45) is 10.6 Å². The number of nitrogen functional groups attached to an aromatic ring is 1. The fourth-order valence-corrected chi connectivity index (χ4v) is 5.56. The van der Waals surface area contributed by atoms with Gasteiger partial charge in [-0.3, -0.25) is 19.3 Å². The monoisotopic (exact) mass is 593 g/mol. The molecule has 16 nitrogen and oxygen atoms in total. The number of esters is 2. The zero-order valence-electron chi connectivity index (χ0n) is 22.2. The normalized spacial score (nSPS) is 19.1. The van der Waals surface area contributed by atoms with Crippen LogP contribution in [0.3, 0.4) is 0 Å². The van der Waals surface area contributed by atoms with Gasteiger partial charge >= 0.3 is 11.9 Å². The van der Waals surface area contributed by atoms with Crippen LogP contribution in [0, 0.1) is 12.3 Å². The van der Waals surface area contributed by atoms with Gasteiger partial charge in [-0.1, -0.05) is 5.16 Å². The molecule has 18 heteroatoms. The molecule has 0 radical (unpaired) electrons. The molecule has 1 fully saturated rings. The summed E-state index contributed by atoms with van der Waals surface area (Å²) in [5.74, 6) is -1.99. The van der Waals surface area contributed by atoms with Crippen LogP contribution in [0.25, 0.3) is 0 Å². The molecule has 0 aromatic carbocycles. The fraction of sp³-hybridized carbons (Fsp3) is 0.500. The zero-order chi connectivity index (χ0) is 29.2. The van der Waals surface area contributed by atoms with Crippen molar-refractivity contribution in [2.45, 2.75) is 45.7 Å². The Labute approximate surface area is 236 Å². The molecular formula is C22H27N9O7S2. The van der Waals surface area contributed by atoms with Gasteiger partial charge in [-0.25, -0.2) is 9.78 Å². The second-order valence-corrected chi connectivity index (χ2v) is 11.6. The number of aryl methyl sites for hydroxylation is 1. The summed E-state index contributed by atoms with van der Waals surface area (Å²) < 4.78 is 10.3. The minimum absolute atomic E-state index is 0.0425. The zero-order valence-corrected chi connectivity index (χ0v) is 23.9. The van der Waals surface area contributed by atoms with Crippen LogP contribution in [-0.4, -0.2) is 90.6 Å². The van der Waals surface area contributed by atoms with Crippen LogP contribution >= 0.6 is 23.1 Å². The van der Waals surface area contributed by atoms with Gasteiger partial charge in [0, 0.05) is 11.1 Å². The number of hydrogen-bond acceptors (Lipinski definition) is 15. The molecule has 3 N–H and O–H groups in total. The molecule has 0 bridgehead atoms. The lowest BCUT2D eigenvalue weighted by Gasteiger charge is -2.49. The molecule has 40 heavy (non-hydrogen) atoms. The molecule has 0 saturated carbocycles. The van der Waals surface area contributed by atoms with Crippen molar-refractivity contribution < 1.29 is 33.5 Å². The molecule has 4 rings (SSSR count). The maximum absolute atomic E-state index is 13.3. The largest absolute Gasteiger partial charge is 0.427 e. The highest BCUT2D eigenvalue weighted by molar-refractivity contribution is 8.00. The van der Waals surface area contributed by atoms with Crippen molar-refractivity contribution in [2.75, 3.05) is 25.4 Å². The summed E-state index contributed by atoms with van der Waals surface area (Å²) in [6, 6.07) is -0.981. The highest BCUT2D eigenvalue weighted by atomic mass is 32.2. The lowest BCUT2D eigenvalue weighted by Crippen LogP contribution is -2.71. The third-order valence-corrected chi connectivity index (χ3v) is 7.58. The number of fused-ring (bicyclic) bond motifs is 1. The van der Waals surface area contributed by atoms with Gasteiger partial charge in [0.2, 0.25) is 6.79 Å². The summed E-state index contributed by atoms with van der Waals surface area (Å²) in [5, 5.41) is 19.4. The van der Waals surface area contributed by atoms with E-state index in [9.17, 15) is 19.2 Å². The van der Waals surface area contributed by atoms with Crippen molar-refractivity contribution in [1.29, 1.82) is 0 Å². The van der Waals surface area contributed by atoms with E-state index < -0.39 is 47.4 Å². The first-order valence-corrected chi connectivity index (χ1v) is 13.7. The number of nitrogens with one attached hydrogen (secondary N) is 1. The van der Waals surface area contributed by atoms with E-state index in [0.717, 1.165) is 11.3 Å². The van der Waals surface area contributed by atoms with E-state index in [1.54, 1.807) is 27.7 Å². The first-order valence-electron chi connectivity index (χ1n) is 11.8. The number of oxime groups is 1. The Kier molecular flexibility index (Phi) is 8.38. The van der Waals surface area contributed by atoms with E-state index in [1.807, 2.05) is 0 Å². The van der Waals surface area contributed by atoms with Gasteiger partial charge in [-0.2, -0.15) is 4.80 Å². The van der Waals surface area contributed by atoms with E-state index in [-0.39, 0.29) is 34.5 Å². The van der Waals surface area contributed by atoms with Crippen LogP contribution in [0.1, 0.15) is 32.3 Å².